The van der Waals surface area contributed by atoms with Crippen LogP contribution in [0, 0.1) is 0 Å². The maximum Gasteiger partial charge on any atom is 0.225 e. The molecule has 1 atom stereocenters. The maximum absolute atomic E-state index is 11.9. The first-order chi connectivity index (χ1) is 10.2. The highest BCUT2D eigenvalue weighted by molar-refractivity contribution is 5.82. The van der Waals surface area contributed by atoms with Gasteiger partial charge in [-0.3, -0.25) is 9.59 Å². The molecule has 0 aromatic heterocycles. The van der Waals surface area contributed by atoms with Crippen LogP contribution in [-0.2, 0) is 16.0 Å². The summed E-state index contributed by atoms with van der Waals surface area (Å²) in [5, 5.41) is 3.01. The van der Waals surface area contributed by atoms with Crippen LogP contribution >= 0.6 is 0 Å². The summed E-state index contributed by atoms with van der Waals surface area (Å²) in [6.07, 6.45) is 5.03. The standard InChI is InChI=1S/C17H22N2O2/c20-16(8-4-7-13-5-2-1-3-6-13)18-14-11-17(21)19(12-14)15-9-10-15/h1-3,5-6,14-15H,4,7-12H2,(H,18,20). The van der Waals surface area contributed by atoms with E-state index in [1.54, 1.807) is 0 Å². The van der Waals surface area contributed by atoms with E-state index in [9.17, 15) is 9.59 Å². The minimum atomic E-state index is 0.0160. The number of nitrogens with one attached hydrogen (secondary N) is 1. The van der Waals surface area contributed by atoms with Crippen LogP contribution in [0.2, 0.25) is 0 Å². The van der Waals surface area contributed by atoms with E-state index in [1.165, 1.54) is 5.56 Å². The number of aryl methyl sites for hydroxylation is 1. The molecule has 1 aromatic rings. The molecule has 1 saturated heterocycles. The molecule has 1 aliphatic heterocycles. The number of likely N-dealkylation sites (tertiary alicyclic amines) is 1. The van der Waals surface area contributed by atoms with Gasteiger partial charge in [-0.25, -0.2) is 0 Å². The molecular weight excluding hydrogens is 264 g/mol. The van der Waals surface area contributed by atoms with Gasteiger partial charge in [-0.1, -0.05) is 30.3 Å². The van der Waals surface area contributed by atoms with Gasteiger partial charge in [0.15, 0.2) is 0 Å². The number of amides is 2. The van der Waals surface area contributed by atoms with Gasteiger partial charge in [0.25, 0.3) is 0 Å². The molecule has 4 nitrogen and oxygen atoms in total. The summed E-state index contributed by atoms with van der Waals surface area (Å²) < 4.78 is 0. The zero-order valence-electron chi connectivity index (χ0n) is 12.3. The molecule has 0 bridgehead atoms. The number of nitrogens with zero attached hydrogens (tertiary/aromatic N) is 1. The first-order valence-corrected chi connectivity index (χ1v) is 7.85. The topological polar surface area (TPSA) is 49.4 Å². The van der Waals surface area contributed by atoms with Crippen LogP contribution in [0.4, 0.5) is 0 Å². The van der Waals surface area contributed by atoms with Gasteiger partial charge in [-0.05, 0) is 31.2 Å². The Morgan fingerprint density at radius 1 is 1.24 bits per heavy atom. The van der Waals surface area contributed by atoms with E-state index >= 15 is 0 Å². The Morgan fingerprint density at radius 2 is 2.00 bits per heavy atom. The largest absolute Gasteiger partial charge is 0.351 e. The first-order valence-electron chi connectivity index (χ1n) is 7.85. The molecule has 0 radical (unpaired) electrons. The SMILES string of the molecule is O=C(CCCc1ccccc1)NC1CC(=O)N(C2CC2)C1. The molecule has 2 fully saturated rings. The molecule has 1 heterocycles. The molecule has 112 valence electrons. The lowest BCUT2D eigenvalue weighted by atomic mass is 10.1. The Kier molecular flexibility index (Phi) is 4.23. The van der Waals surface area contributed by atoms with Gasteiger partial charge >= 0.3 is 0 Å². The molecule has 4 heteroatoms. The smallest absolute Gasteiger partial charge is 0.225 e. The summed E-state index contributed by atoms with van der Waals surface area (Å²) in [5.41, 5.74) is 1.27. The van der Waals surface area contributed by atoms with Crippen molar-refractivity contribution < 1.29 is 9.59 Å². The lowest BCUT2D eigenvalue weighted by Crippen LogP contribution is -2.37. The van der Waals surface area contributed by atoms with Crippen LogP contribution in [-0.4, -0.2) is 35.3 Å². The first kappa shape index (κ1) is 14.1. The van der Waals surface area contributed by atoms with Crippen molar-refractivity contribution in [3.63, 3.8) is 0 Å². The molecule has 1 unspecified atom stereocenters. The van der Waals surface area contributed by atoms with Gasteiger partial charge in [-0.2, -0.15) is 0 Å². The number of carbonyl (C=O) groups is 2. The molecule has 0 spiro atoms. The van der Waals surface area contributed by atoms with Crippen molar-refractivity contribution >= 4 is 11.8 Å². The second kappa shape index (κ2) is 6.29. The fraction of sp³-hybridized carbons (Fsp3) is 0.529. The highest BCUT2D eigenvalue weighted by Crippen LogP contribution is 2.30. The summed E-state index contributed by atoms with van der Waals surface area (Å²) in [6, 6.07) is 10.7. The average Bonchev–Trinajstić information content (AvgIpc) is 3.24. The van der Waals surface area contributed by atoms with Crippen molar-refractivity contribution in [2.75, 3.05) is 6.54 Å². The third kappa shape index (κ3) is 3.84. The predicted molar refractivity (Wildman–Crippen MR) is 80.7 cm³/mol. The van der Waals surface area contributed by atoms with Crippen LogP contribution in [0.25, 0.3) is 0 Å². The number of hydrogen-bond donors (Lipinski definition) is 1. The fourth-order valence-electron chi connectivity index (χ4n) is 2.97. The normalized spacial score (nSPS) is 21.6. The molecule has 1 aliphatic carbocycles. The van der Waals surface area contributed by atoms with Crippen LogP contribution in [0.15, 0.2) is 30.3 Å². The molecule has 2 amide bonds. The summed E-state index contributed by atoms with van der Waals surface area (Å²) in [5.74, 6) is 0.272. The van der Waals surface area contributed by atoms with Crippen LogP contribution in [0.5, 0.6) is 0 Å². The molecule has 21 heavy (non-hydrogen) atoms. The highest BCUT2D eigenvalue weighted by atomic mass is 16.2. The average molecular weight is 286 g/mol. The zero-order valence-corrected chi connectivity index (χ0v) is 12.3. The van der Waals surface area contributed by atoms with E-state index in [2.05, 4.69) is 17.4 Å². The number of benzene rings is 1. The number of rotatable bonds is 6. The lowest BCUT2D eigenvalue weighted by Gasteiger charge is -2.16. The quantitative estimate of drug-likeness (QED) is 0.868. The van der Waals surface area contributed by atoms with E-state index in [0.29, 0.717) is 25.4 Å². The van der Waals surface area contributed by atoms with Crippen molar-refractivity contribution in [1.29, 1.82) is 0 Å². The Labute approximate surface area is 125 Å². The summed E-state index contributed by atoms with van der Waals surface area (Å²) in [6.45, 7) is 0.702. The van der Waals surface area contributed by atoms with Crippen LogP contribution < -0.4 is 5.32 Å². The third-order valence-corrected chi connectivity index (χ3v) is 4.22. The summed E-state index contributed by atoms with van der Waals surface area (Å²) in [4.78, 5) is 25.7. The van der Waals surface area contributed by atoms with Gasteiger partial charge in [0, 0.05) is 25.4 Å². The van der Waals surface area contributed by atoms with E-state index in [1.807, 2.05) is 23.1 Å². The van der Waals surface area contributed by atoms with Gasteiger partial charge < -0.3 is 10.2 Å². The van der Waals surface area contributed by atoms with Gasteiger partial charge in [0.2, 0.25) is 11.8 Å². The van der Waals surface area contributed by atoms with Crippen LogP contribution in [0.1, 0.15) is 37.7 Å². The van der Waals surface area contributed by atoms with E-state index in [4.69, 9.17) is 0 Å². The van der Waals surface area contributed by atoms with Crippen molar-refractivity contribution in [2.24, 2.45) is 0 Å². The molecular formula is C17H22N2O2. The van der Waals surface area contributed by atoms with Crippen molar-refractivity contribution in [3.05, 3.63) is 35.9 Å². The summed E-state index contributed by atoms with van der Waals surface area (Å²) in [7, 11) is 0. The lowest BCUT2D eigenvalue weighted by molar-refractivity contribution is -0.128. The molecule has 1 aromatic carbocycles. The second-order valence-electron chi connectivity index (χ2n) is 6.08. The van der Waals surface area contributed by atoms with Crippen molar-refractivity contribution in [3.8, 4) is 0 Å². The van der Waals surface area contributed by atoms with Crippen LogP contribution in [0.3, 0.4) is 0 Å². The zero-order chi connectivity index (χ0) is 14.7. The molecule has 1 saturated carbocycles. The van der Waals surface area contributed by atoms with Crippen molar-refractivity contribution in [2.45, 2.75) is 50.6 Å². The van der Waals surface area contributed by atoms with Gasteiger partial charge in [0.1, 0.15) is 0 Å². The number of hydrogen-bond acceptors (Lipinski definition) is 2. The maximum atomic E-state index is 11.9. The summed E-state index contributed by atoms with van der Waals surface area (Å²) >= 11 is 0. The predicted octanol–water partition coefficient (Wildman–Crippen LogP) is 1.89. The van der Waals surface area contributed by atoms with E-state index in [-0.39, 0.29) is 17.9 Å². The Hall–Kier alpha value is -1.84. The second-order valence-corrected chi connectivity index (χ2v) is 6.08. The Balaban J connectivity index is 1.37. The molecule has 3 rings (SSSR count). The minimum Gasteiger partial charge on any atom is -0.351 e. The van der Waals surface area contributed by atoms with Crippen molar-refractivity contribution in [1.82, 2.24) is 10.2 Å². The third-order valence-electron chi connectivity index (χ3n) is 4.22. The van der Waals surface area contributed by atoms with Gasteiger partial charge in [0.05, 0.1) is 6.04 Å². The fourth-order valence-corrected chi connectivity index (χ4v) is 2.97. The highest BCUT2D eigenvalue weighted by Gasteiger charge is 2.39. The van der Waals surface area contributed by atoms with Gasteiger partial charge in [-0.15, -0.1) is 0 Å². The Morgan fingerprint density at radius 3 is 2.71 bits per heavy atom. The molecule has 1 N–H and O–H groups in total. The van der Waals surface area contributed by atoms with E-state index in [0.717, 1.165) is 25.7 Å². The minimum absolute atomic E-state index is 0.0160. The number of carbonyl (C=O) groups excluding carboxylic acids is 2. The molecule has 2 aliphatic rings. The Bertz CT molecular complexity index is 511. The monoisotopic (exact) mass is 286 g/mol. The van der Waals surface area contributed by atoms with E-state index < -0.39 is 0 Å².